The van der Waals surface area contributed by atoms with Crippen molar-refractivity contribution in [2.24, 2.45) is 12.5 Å². The van der Waals surface area contributed by atoms with Crippen LogP contribution >= 0.6 is 13.5 Å². The van der Waals surface area contributed by atoms with E-state index in [0.29, 0.717) is 52.2 Å². The van der Waals surface area contributed by atoms with Crippen LogP contribution in [0.25, 0.3) is 22.5 Å². The first-order valence-electron chi connectivity index (χ1n) is 17.1. The average molecular weight is 713 g/mol. The van der Waals surface area contributed by atoms with E-state index in [4.69, 9.17) is 4.74 Å². The molecule has 7 heterocycles. The normalized spacial score (nSPS) is 20.2. The molecule has 0 saturated carbocycles. The van der Waals surface area contributed by atoms with Crippen molar-refractivity contribution in [2.75, 3.05) is 43.1 Å². The Morgan fingerprint density at radius 1 is 1.06 bits per heavy atom. The molecule has 0 amide bonds. The Bertz CT molecular complexity index is 2230. The second-order valence-electron chi connectivity index (χ2n) is 14.5. The van der Waals surface area contributed by atoms with Crippen LogP contribution in [0.5, 0.6) is 0 Å². The number of anilines is 3. The van der Waals surface area contributed by atoms with E-state index >= 15 is 0 Å². The molecule has 0 spiro atoms. The maximum atomic E-state index is 13.8. The number of piperazine rings is 1. The summed E-state index contributed by atoms with van der Waals surface area (Å²) in [4.78, 5) is 41.2. The number of fused-ring (bicyclic) bond motifs is 3. The van der Waals surface area contributed by atoms with E-state index in [1.807, 2.05) is 38.2 Å². The molecule has 5 aromatic rings. The molecule has 14 heteroatoms. The standard InChI is InChI=1S/C37H42N8O5.H2S/c1-22-17-42(26-20-50-21-26)9-10-43(22)25-5-6-31(39-16-25)40-29-13-24(18-41(4)35(29)48)27-7-8-38-34(28(27)19-46)45-12-11-44-30(36(45)49)14-23-15-37(2,3)33(47)32(23)44;/h5-8,11-14,16,18,22,26,33,46-47H,9-10,15,17,19-21H2,1-4H3,(H,39,40);1H2/t22-,33?;/m0./s1. The van der Waals surface area contributed by atoms with Crippen molar-refractivity contribution >= 4 is 36.2 Å². The summed E-state index contributed by atoms with van der Waals surface area (Å²) in [5.74, 6) is 0.822. The first kappa shape index (κ1) is 35.0. The predicted octanol–water partition coefficient (Wildman–Crippen LogP) is 3.12. The van der Waals surface area contributed by atoms with Gasteiger partial charge in [-0.15, -0.1) is 0 Å². The molecule has 0 radical (unpaired) electrons. The monoisotopic (exact) mass is 712 g/mol. The summed E-state index contributed by atoms with van der Waals surface area (Å²) < 4.78 is 10.0. The fourth-order valence-corrected chi connectivity index (χ4v) is 7.78. The number of nitrogens with zero attached hydrogens (tertiary/aromatic N) is 7. The summed E-state index contributed by atoms with van der Waals surface area (Å²) in [7, 11) is 1.67. The first-order chi connectivity index (χ1) is 24.0. The zero-order chi connectivity index (χ0) is 34.9. The highest BCUT2D eigenvalue weighted by molar-refractivity contribution is 7.59. The van der Waals surface area contributed by atoms with Gasteiger partial charge in [0, 0.05) is 74.1 Å². The van der Waals surface area contributed by atoms with Gasteiger partial charge in [0.25, 0.3) is 11.1 Å². The fourth-order valence-electron chi connectivity index (χ4n) is 7.78. The number of aryl methyl sites for hydroxylation is 1. The molecule has 1 aliphatic carbocycles. The van der Waals surface area contributed by atoms with Crippen molar-refractivity contribution in [2.45, 2.75) is 52.0 Å². The minimum Gasteiger partial charge on any atom is -0.392 e. The Morgan fingerprint density at radius 2 is 1.86 bits per heavy atom. The van der Waals surface area contributed by atoms with Crippen LogP contribution in [0, 0.1) is 5.41 Å². The minimum absolute atomic E-state index is 0. The third-order valence-corrected chi connectivity index (χ3v) is 10.7. The van der Waals surface area contributed by atoms with Crippen LogP contribution in [-0.2, 0) is 24.8 Å². The molecular weight excluding hydrogens is 669 g/mol. The molecule has 2 saturated heterocycles. The van der Waals surface area contributed by atoms with Crippen LogP contribution in [0.1, 0.15) is 43.7 Å². The maximum Gasteiger partial charge on any atom is 0.280 e. The Hall–Kier alpha value is -4.47. The van der Waals surface area contributed by atoms with Gasteiger partial charge < -0.3 is 34.1 Å². The molecule has 5 aromatic heterocycles. The number of hydrogen-bond acceptors (Lipinski definition) is 10. The van der Waals surface area contributed by atoms with Gasteiger partial charge in [-0.2, -0.15) is 13.5 Å². The van der Waals surface area contributed by atoms with Crippen molar-refractivity contribution in [3.63, 3.8) is 0 Å². The molecule has 13 nitrogen and oxygen atoms in total. The quantitative estimate of drug-likeness (QED) is 0.231. The largest absolute Gasteiger partial charge is 0.392 e. The summed E-state index contributed by atoms with van der Waals surface area (Å²) in [5.41, 5.74) is 4.31. The van der Waals surface area contributed by atoms with E-state index in [9.17, 15) is 19.8 Å². The van der Waals surface area contributed by atoms with Crippen molar-refractivity contribution in [3.8, 4) is 16.9 Å². The molecular formula is C37H44N8O5S. The van der Waals surface area contributed by atoms with Crippen molar-refractivity contribution < 1.29 is 14.9 Å². The summed E-state index contributed by atoms with van der Waals surface area (Å²) in [6.07, 6.45) is 8.47. The van der Waals surface area contributed by atoms with Crippen molar-refractivity contribution in [1.29, 1.82) is 0 Å². The molecule has 2 fully saturated rings. The van der Waals surface area contributed by atoms with E-state index in [2.05, 4.69) is 32.0 Å². The van der Waals surface area contributed by atoms with E-state index < -0.39 is 12.7 Å². The van der Waals surface area contributed by atoms with E-state index in [0.717, 1.165) is 49.8 Å². The summed E-state index contributed by atoms with van der Waals surface area (Å²) in [6.45, 7) is 10.4. The van der Waals surface area contributed by atoms with Gasteiger partial charge in [0.15, 0.2) is 0 Å². The third kappa shape index (κ3) is 5.94. The molecule has 2 atom stereocenters. The lowest BCUT2D eigenvalue weighted by molar-refractivity contribution is -0.0691. The Balaban J connectivity index is 0.00000406. The number of ether oxygens (including phenoxy) is 1. The lowest BCUT2D eigenvalue weighted by Crippen LogP contribution is -2.59. The molecule has 2 aliphatic heterocycles. The molecule has 3 aliphatic rings. The van der Waals surface area contributed by atoms with Crippen LogP contribution in [0.15, 0.2) is 70.9 Å². The Morgan fingerprint density at radius 3 is 2.55 bits per heavy atom. The van der Waals surface area contributed by atoms with Gasteiger partial charge in [-0.3, -0.25) is 19.1 Å². The molecule has 1 unspecified atom stereocenters. The van der Waals surface area contributed by atoms with Crippen LogP contribution in [0.4, 0.5) is 17.2 Å². The molecule has 268 valence electrons. The number of aromatic nitrogens is 5. The zero-order valence-corrected chi connectivity index (χ0v) is 30.2. The summed E-state index contributed by atoms with van der Waals surface area (Å²) in [6, 6.07) is 10.1. The van der Waals surface area contributed by atoms with Crippen LogP contribution in [0.2, 0.25) is 0 Å². The van der Waals surface area contributed by atoms with Gasteiger partial charge in [0.05, 0.1) is 49.5 Å². The van der Waals surface area contributed by atoms with Crippen molar-refractivity contribution in [1.82, 2.24) is 28.4 Å². The highest BCUT2D eigenvalue weighted by atomic mass is 32.1. The van der Waals surface area contributed by atoms with E-state index in [1.54, 1.807) is 48.4 Å². The van der Waals surface area contributed by atoms with Gasteiger partial charge in [0.1, 0.15) is 22.8 Å². The van der Waals surface area contributed by atoms with Crippen LogP contribution in [0.3, 0.4) is 0 Å². The molecule has 3 N–H and O–H groups in total. The number of nitrogens with one attached hydrogen (secondary N) is 1. The Labute approximate surface area is 302 Å². The zero-order valence-electron chi connectivity index (χ0n) is 29.2. The van der Waals surface area contributed by atoms with Gasteiger partial charge in [0.2, 0.25) is 0 Å². The molecule has 0 aromatic carbocycles. The van der Waals surface area contributed by atoms with Crippen LogP contribution in [-0.4, -0.2) is 83.5 Å². The second kappa shape index (κ2) is 13.3. The van der Waals surface area contributed by atoms with Crippen LogP contribution < -0.4 is 21.3 Å². The Kier molecular flexibility index (Phi) is 9.08. The third-order valence-electron chi connectivity index (χ3n) is 10.7. The smallest absolute Gasteiger partial charge is 0.280 e. The lowest BCUT2D eigenvalue weighted by atomic mass is 9.88. The fraction of sp³-hybridized carbons (Fsp3) is 0.405. The van der Waals surface area contributed by atoms with E-state index in [1.165, 1.54) is 9.13 Å². The van der Waals surface area contributed by atoms with Gasteiger partial charge in [-0.05, 0) is 54.8 Å². The van der Waals surface area contributed by atoms with Gasteiger partial charge in [-0.1, -0.05) is 13.8 Å². The lowest BCUT2D eigenvalue weighted by Gasteiger charge is -2.46. The summed E-state index contributed by atoms with van der Waals surface area (Å²) >= 11 is 0. The average Bonchev–Trinajstić information content (AvgIpc) is 3.54. The first-order valence-corrected chi connectivity index (χ1v) is 17.1. The number of aliphatic hydroxyl groups excluding tert-OH is 2. The topological polar surface area (TPSA) is 142 Å². The number of pyridine rings is 3. The molecule has 51 heavy (non-hydrogen) atoms. The minimum atomic E-state index is -0.692. The number of aliphatic hydroxyl groups is 2. The molecule has 8 rings (SSSR count). The highest BCUT2D eigenvalue weighted by Gasteiger charge is 2.40. The number of hydrogen-bond donors (Lipinski definition) is 3. The summed E-state index contributed by atoms with van der Waals surface area (Å²) in [5, 5.41) is 24.8. The van der Waals surface area contributed by atoms with E-state index in [-0.39, 0.29) is 35.8 Å². The van der Waals surface area contributed by atoms with Gasteiger partial charge in [-0.25, -0.2) is 9.97 Å². The highest BCUT2D eigenvalue weighted by Crippen LogP contribution is 2.46. The van der Waals surface area contributed by atoms with Gasteiger partial charge >= 0.3 is 0 Å². The second-order valence-corrected chi connectivity index (χ2v) is 14.5. The maximum absolute atomic E-state index is 13.8. The van der Waals surface area contributed by atoms with Crippen molar-refractivity contribution in [3.05, 3.63) is 98.8 Å². The molecule has 0 bridgehead atoms. The number of rotatable bonds is 7. The SMILES string of the molecule is C[C@H]1CN(C2COC2)CCN1c1ccc(Nc2cc(-c3ccnc(-n4ccn5c6c(cc5c4=O)CC(C)(C)C6O)c3CO)cn(C)c2=O)nc1.S. The predicted molar refractivity (Wildman–Crippen MR) is 201 cm³/mol.